The summed E-state index contributed by atoms with van der Waals surface area (Å²) in [6, 6.07) is 11.5. The van der Waals surface area contributed by atoms with Crippen molar-refractivity contribution in [2.24, 2.45) is 0 Å². The molecule has 0 aromatic heterocycles. The average Bonchev–Trinajstić information content (AvgIpc) is 2.82. The van der Waals surface area contributed by atoms with Crippen molar-refractivity contribution in [3.8, 4) is 11.5 Å². The van der Waals surface area contributed by atoms with E-state index < -0.39 is 11.8 Å². The fraction of sp³-hybridized carbons (Fsp3) is 0.391. The first-order valence-corrected chi connectivity index (χ1v) is 10.5. The van der Waals surface area contributed by atoms with E-state index in [1.165, 1.54) is 26.4 Å². The van der Waals surface area contributed by atoms with E-state index in [0.717, 1.165) is 44.8 Å². The molecule has 2 amide bonds. The molecular formula is C23H29FN4O4. The third-order valence-electron chi connectivity index (χ3n) is 5.36. The van der Waals surface area contributed by atoms with Gasteiger partial charge in [0, 0.05) is 44.5 Å². The lowest BCUT2D eigenvalue weighted by Crippen LogP contribution is -2.47. The third kappa shape index (κ3) is 6.34. The maximum absolute atomic E-state index is 13.1. The molecule has 8 nitrogen and oxygen atoms in total. The highest BCUT2D eigenvalue weighted by atomic mass is 19.1. The van der Waals surface area contributed by atoms with Gasteiger partial charge in [0.2, 0.25) is 0 Å². The Hall–Kier alpha value is -3.33. The minimum atomic E-state index is -0.749. The maximum atomic E-state index is 13.1. The largest absolute Gasteiger partial charge is 0.497 e. The van der Waals surface area contributed by atoms with Gasteiger partial charge < -0.3 is 25.0 Å². The summed E-state index contributed by atoms with van der Waals surface area (Å²) in [4.78, 5) is 28.8. The molecule has 0 spiro atoms. The molecule has 3 rings (SSSR count). The molecule has 0 radical (unpaired) electrons. The zero-order valence-corrected chi connectivity index (χ0v) is 18.4. The minimum absolute atomic E-state index is 0.230. The normalized spacial score (nSPS) is 14.0. The molecule has 0 atom stereocenters. The Kier molecular flexibility index (Phi) is 8.27. The fourth-order valence-corrected chi connectivity index (χ4v) is 3.55. The molecule has 32 heavy (non-hydrogen) atoms. The molecule has 1 heterocycles. The standard InChI is InChI=1S/C23H29FN4O4/c1-31-19-8-9-20(21(16-19)32-2)26-23(30)22(29)25-10-3-11-27-12-14-28(15-13-27)18-6-4-17(24)5-7-18/h4-9,16H,3,10-15H2,1-2H3,(H,25,29)(H,26,30). The predicted octanol–water partition coefficient (Wildman–Crippen LogP) is 2.11. The maximum Gasteiger partial charge on any atom is 0.313 e. The van der Waals surface area contributed by atoms with E-state index in [-0.39, 0.29) is 5.82 Å². The minimum Gasteiger partial charge on any atom is -0.497 e. The highest BCUT2D eigenvalue weighted by Crippen LogP contribution is 2.28. The lowest BCUT2D eigenvalue weighted by molar-refractivity contribution is -0.136. The van der Waals surface area contributed by atoms with Crippen LogP contribution in [-0.4, -0.2) is 70.2 Å². The number of hydrogen-bond donors (Lipinski definition) is 2. The number of nitrogens with zero attached hydrogens (tertiary/aromatic N) is 2. The van der Waals surface area contributed by atoms with Gasteiger partial charge in [0.1, 0.15) is 17.3 Å². The van der Waals surface area contributed by atoms with Crippen LogP contribution in [0.15, 0.2) is 42.5 Å². The van der Waals surface area contributed by atoms with Gasteiger partial charge in [-0.3, -0.25) is 14.5 Å². The highest BCUT2D eigenvalue weighted by Gasteiger charge is 2.18. The molecule has 0 saturated carbocycles. The predicted molar refractivity (Wildman–Crippen MR) is 121 cm³/mol. The van der Waals surface area contributed by atoms with Crippen LogP contribution in [-0.2, 0) is 9.59 Å². The van der Waals surface area contributed by atoms with Crippen molar-refractivity contribution < 1.29 is 23.5 Å². The first kappa shape index (κ1) is 23.3. The Labute approximate surface area is 187 Å². The van der Waals surface area contributed by atoms with E-state index in [0.29, 0.717) is 23.7 Å². The zero-order chi connectivity index (χ0) is 22.9. The SMILES string of the molecule is COc1ccc(NC(=O)C(=O)NCCCN2CCN(c3ccc(F)cc3)CC2)c(OC)c1. The molecular weight excluding hydrogens is 415 g/mol. The van der Waals surface area contributed by atoms with Gasteiger partial charge in [0.25, 0.3) is 0 Å². The zero-order valence-electron chi connectivity index (χ0n) is 18.4. The van der Waals surface area contributed by atoms with Crippen LogP contribution in [0.2, 0.25) is 0 Å². The number of nitrogens with one attached hydrogen (secondary N) is 2. The second kappa shape index (κ2) is 11.3. The van der Waals surface area contributed by atoms with E-state index in [9.17, 15) is 14.0 Å². The lowest BCUT2D eigenvalue weighted by Gasteiger charge is -2.36. The lowest BCUT2D eigenvalue weighted by atomic mass is 10.2. The number of carbonyl (C=O) groups is 2. The average molecular weight is 445 g/mol. The van der Waals surface area contributed by atoms with Crippen molar-refractivity contribution in [3.05, 3.63) is 48.3 Å². The van der Waals surface area contributed by atoms with Crippen molar-refractivity contribution in [2.75, 3.05) is 63.7 Å². The van der Waals surface area contributed by atoms with Gasteiger partial charge in [-0.05, 0) is 49.4 Å². The van der Waals surface area contributed by atoms with Gasteiger partial charge in [0.05, 0.1) is 19.9 Å². The number of amides is 2. The van der Waals surface area contributed by atoms with Crippen molar-refractivity contribution in [1.29, 1.82) is 0 Å². The third-order valence-corrected chi connectivity index (χ3v) is 5.36. The van der Waals surface area contributed by atoms with Crippen LogP contribution in [0.25, 0.3) is 0 Å². The number of benzene rings is 2. The van der Waals surface area contributed by atoms with Crippen LogP contribution in [0.4, 0.5) is 15.8 Å². The van der Waals surface area contributed by atoms with E-state index in [4.69, 9.17) is 9.47 Å². The molecule has 1 aliphatic heterocycles. The Balaban J connectivity index is 1.35. The molecule has 0 aliphatic carbocycles. The van der Waals surface area contributed by atoms with Crippen LogP contribution in [0.5, 0.6) is 11.5 Å². The first-order valence-electron chi connectivity index (χ1n) is 10.5. The molecule has 1 fully saturated rings. The molecule has 172 valence electrons. The summed E-state index contributed by atoms with van der Waals surface area (Å²) in [6.45, 7) is 4.75. The van der Waals surface area contributed by atoms with Crippen molar-refractivity contribution in [1.82, 2.24) is 10.2 Å². The molecule has 1 saturated heterocycles. The molecule has 0 unspecified atom stereocenters. The molecule has 2 aromatic carbocycles. The summed E-state index contributed by atoms with van der Waals surface area (Å²) >= 11 is 0. The van der Waals surface area contributed by atoms with Crippen molar-refractivity contribution in [3.63, 3.8) is 0 Å². The summed E-state index contributed by atoms with van der Waals surface area (Å²) in [7, 11) is 3.01. The van der Waals surface area contributed by atoms with Gasteiger partial charge in [-0.1, -0.05) is 0 Å². The molecule has 9 heteroatoms. The number of carbonyl (C=O) groups excluding carboxylic acids is 2. The summed E-state index contributed by atoms with van der Waals surface area (Å²) in [5.41, 5.74) is 1.42. The summed E-state index contributed by atoms with van der Waals surface area (Å²) in [5.74, 6) is -0.676. The van der Waals surface area contributed by atoms with Crippen LogP contribution in [0.3, 0.4) is 0 Å². The number of piperazine rings is 1. The van der Waals surface area contributed by atoms with Gasteiger partial charge in [-0.2, -0.15) is 0 Å². The summed E-state index contributed by atoms with van der Waals surface area (Å²) < 4.78 is 23.4. The number of methoxy groups -OCH3 is 2. The van der Waals surface area contributed by atoms with Crippen LogP contribution >= 0.6 is 0 Å². The Morgan fingerprint density at radius 2 is 1.69 bits per heavy atom. The fourth-order valence-electron chi connectivity index (χ4n) is 3.55. The molecule has 2 N–H and O–H groups in total. The van der Waals surface area contributed by atoms with Crippen LogP contribution in [0, 0.1) is 5.82 Å². The second-order valence-electron chi connectivity index (χ2n) is 7.43. The van der Waals surface area contributed by atoms with E-state index in [1.807, 2.05) is 0 Å². The van der Waals surface area contributed by atoms with Crippen molar-refractivity contribution >= 4 is 23.2 Å². The second-order valence-corrected chi connectivity index (χ2v) is 7.43. The van der Waals surface area contributed by atoms with Crippen LogP contribution in [0.1, 0.15) is 6.42 Å². The van der Waals surface area contributed by atoms with Gasteiger partial charge >= 0.3 is 11.8 Å². The highest BCUT2D eigenvalue weighted by molar-refractivity contribution is 6.39. The molecule has 1 aliphatic rings. The number of ether oxygens (including phenoxy) is 2. The smallest absolute Gasteiger partial charge is 0.313 e. The molecule has 2 aromatic rings. The summed E-state index contributed by atoms with van der Waals surface area (Å²) in [6.07, 6.45) is 0.738. The van der Waals surface area contributed by atoms with Crippen molar-refractivity contribution in [2.45, 2.75) is 6.42 Å². The monoisotopic (exact) mass is 444 g/mol. The Bertz CT molecular complexity index is 915. The quantitative estimate of drug-likeness (QED) is 0.479. The number of anilines is 2. The van der Waals surface area contributed by atoms with Crippen LogP contribution < -0.4 is 25.0 Å². The topological polar surface area (TPSA) is 83.1 Å². The van der Waals surface area contributed by atoms with Gasteiger partial charge in [0.15, 0.2) is 0 Å². The summed E-state index contributed by atoms with van der Waals surface area (Å²) in [5, 5.41) is 5.21. The van der Waals surface area contributed by atoms with E-state index in [2.05, 4.69) is 20.4 Å². The molecule has 0 bridgehead atoms. The Morgan fingerprint density at radius 1 is 0.969 bits per heavy atom. The van der Waals surface area contributed by atoms with E-state index >= 15 is 0 Å². The van der Waals surface area contributed by atoms with E-state index in [1.54, 1.807) is 30.3 Å². The number of hydrogen-bond acceptors (Lipinski definition) is 6. The van der Waals surface area contributed by atoms with Gasteiger partial charge in [-0.25, -0.2) is 4.39 Å². The first-order chi connectivity index (χ1) is 15.5. The number of halogens is 1. The number of rotatable bonds is 8. The Morgan fingerprint density at radius 3 is 2.34 bits per heavy atom. The van der Waals surface area contributed by atoms with Gasteiger partial charge in [-0.15, -0.1) is 0 Å².